The molecule has 130 valence electrons. The van der Waals surface area contributed by atoms with E-state index in [0.29, 0.717) is 0 Å². The summed E-state index contributed by atoms with van der Waals surface area (Å²) in [4.78, 5) is 8.94. The number of methoxy groups -OCH3 is 1. The summed E-state index contributed by atoms with van der Waals surface area (Å²) in [6.07, 6.45) is 4.58. The van der Waals surface area contributed by atoms with Crippen LogP contribution < -0.4 is 10.1 Å². The predicted octanol–water partition coefficient (Wildman–Crippen LogP) is 5.67. The molecule has 4 nitrogen and oxygen atoms in total. The van der Waals surface area contributed by atoms with Gasteiger partial charge in [0.25, 0.3) is 0 Å². The first-order valence-electron chi connectivity index (χ1n) is 8.51. The van der Waals surface area contributed by atoms with Crippen molar-refractivity contribution in [2.45, 2.75) is 13.3 Å². The van der Waals surface area contributed by atoms with Gasteiger partial charge in [-0.1, -0.05) is 36.5 Å². The molecule has 26 heavy (non-hydrogen) atoms. The normalized spacial score (nSPS) is 10.8. The third-order valence-corrected chi connectivity index (χ3v) is 5.19. The maximum atomic E-state index is 5.27. The first-order valence-corrected chi connectivity index (χ1v) is 9.33. The molecule has 0 aliphatic carbocycles. The second-order valence-corrected chi connectivity index (χ2v) is 7.02. The molecule has 0 aliphatic heterocycles. The van der Waals surface area contributed by atoms with Gasteiger partial charge < -0.3 is 10.1 Å². The summed E-state index contributed by atoms with van der Waals surface area (Å²) in [6.45, 7) is 2.16. The number of nitrogens with zero attached hydrogens (tertiary/aromatic N) is 2. The van der Waals surface area contributed by atoms with Crippen LogP contribution in [0.15, 0.2) is 60.9 Å². The Morgan fingerprint density at radius 1 is 1.04 bits per heavy atom. The number of thiazole rings is 1. The van der Waals surface area contributed by atoms with Crippen molar-refractivity contribution in [3.63, 3.8) is 0 Å². The zero-order chi connectivity index (χ0) is 17.9. The molecule has 2 aromatic carbocycles. The third kappa shape index (κ3) is 3.39. The molecule has 2 aromatic heterocycles. The Balaban J connectivity index is 1.65. The number of aryl methyl sites for hydroxylation is 1. The first-order chi connectivity index (χ1) is 12.7. The summed E-state index contributed by atoms with van der Waals surface area (Å²) in [5, 5.41) is 4.32. The molecule has 0 bridgehead atoms. The van der Waals surface area contributed by atoms with E-state index >= 15 is 0 Å². The molecule has 5 heteroatoms. The summed E-state index contributed by atoms with van der Waals surface area (Å²) in [5.74, 6) is 0.755. The van der Waals surface area contributed by atoms with Crippen LogP contribution in [-0.2, 0) is 6.42 Å². The highest BCUT2D eigenvalue weighted by atomic mass is 32.1. The van der Waals surface area contributed by atoms with Crippen molar-refractivity contribution < 1.29 is 4.74 Å². The van der Waals surface area contributed by atoms with Crippen molar-refractivity contribution in [2.24, 2.45) is 0 Å². The smallest absolute Gasteiger partial charge is 0.188 e. The standard InChI is InChI=1S/C21H19N3OS/c1-3-14-5-4-6-17(9-14)23-21-24-19-8-7-15(11-20(19)26-21)16-10-18(25-2)13-22-12-16/h4-13H,3H2,1-2H3,(H,23,24). The number of anilines is 2. The first kappa shape index (κ1) is 16.5. The monoisotopic (exact) mass is 361 g/mol. The van der Waals surface area contributed by atoms with Crippen LogP contribution in [-0.4, -0.2) is 17.1 Å². The molecule has 0 atom stereocenters. The highest BCUT2D eigenvalue weighted by Crippen LogP contribution is 2.32. The van der Waals surface area contributed by atoms with Crippen molar-refractivity contribution in [1.82, 2.24) is 9.97 Å². The Morgan fingerprint density at radius 2 is 1.96 bits per heavy atom. The number of nitrogens with one attached hydrogen (secondary N) is 1. The van der Waals surface area contributed by atoms with Gasteiger partial charge in [0.1, 0.15) is 5.75 Å². The number of benzene rings is 2. The van der Waals surface area contributed by atoms with Gasteiger partial charge in [-0.25, -0.2) is 4.98 Å². The molecule has 0 amide bonds. The van der Waals surface area contributed by atoms with E-state index in [1.54, 1.807) is 24.6 Å². The van der Waals surface area contributed by atoms with E-state index in [4.69, 9.17) is 9.72 Å². The average Bonchev–Trinajstić information content (AvgIpc) is 3.09. The molecular weight excluding hydrogens is 342 g/mol. The van der Waals surface area contributed by atoms with Gasteiger partial charge in [-0.2, -0.15) is 0 Å². The van der Waals surface area contributed by atoms with E-state index < -0.39 is 0 Å². The lowest BCUT2D eigenvalue weighted by Gasteiger charge is -2.04. The Labute approximate surface area is 156 Å². The molecule has 0 spiro atoms. The molecule has 0 fully saturated rings. The van der Waals surface area contributed by atoms with Crippen LogP contribution >= 0.6 is 11.3 Å². The summed E-state index contributed by atoms with van der Waals surface area (Å²) < 4.78 is 6.41. The highest BCUT2D eigenvalue weighted by molar-refractivity contribution is 7.22. The number of hydrogen-bond acceptors (Lipinski definition) is 5. The van der Waals surface area contributed by atoms with Gasteiger partial charge in [-0.3, -0.25) is 4.98 Å². The summed E-state index contributed by atoms with van der Waals surface area (Å²) in [6, 6.07) is 16.7. The van der Waals surface area contributed by atoms with Crippen molar-refractivity contribution >= 4 is 32.4 Å². The van der Waals surface area contributed by atoms with E-state index in [1.807, 2.05) is 18.3 Å². The number of hydrogen-bond donors (Lipinski definition) is 1. The molecule has 1 N–H and O–H groups in total. The predicted molar refractivity (Wildman–Crippen MR) is 109 cm³/mol. The zero-order valence-corrected chi connectivity index (χ0v) is 15.5. The Morgan fingerprint density at radius 3 is 2.81 bits per heavy atom. The van der Waals surface area contributed by atoms with Gasteiger partial charge in [0.15, 0.2) is 5.13 Å². The van der Waals surface area contributed by atoms with E-state index in [1.165, 1.54) is 5.56 Å². The maximum absolute atomic E-state index is 5.27. The summed E-state index contributed by atoms with van der Waals surface area (Å²) >= 11 is 1.65. The van der Waals surface area contributed by atoms with Crippen molar-refractivity contribution in [1.29, 1.82) is 0 Å². The lowest BCUT2D eigenvalue weighted by Crippen LogP contribution is -1.90. The Kier molecular flexibility index (Phi) is 4.54. The fourth-order valence-corrected chi connectivity index (χ4v) is 3.76. The molecule has 4 aromatic rings. The number of rotatable bonds is 5. The lowest BCUT2D eigenvalue weighted by molar-refractivity contribution is 0.413. The number of pyridine rings is 1. The van der Waals surface area contributed by atoms with Crippen molar-refractivity contribution in [3.8, 4) is 16.9 Å². The van der Waals surface area contributed by atoms with Crippen LogP contribution in [0.4, 0.5) is 10.8 Å². The SMILES string of the molecule is CCc1cccc(Nc2nc3ccc(-c4cncc(OC)c4)cc3s2)c1. The van der Waals surface area contributed by atoms with Crippen LogP contribution in [0, 0.1) is 0 Å². The molecule has 2 heterocycles. The molecule has 0 saturated carbocycles. The molecule has 0 saturated heterocycles. The second kappa shape index (κ2) is 7.14. The minimum Gasteiger partial charge on any atom is -0.495 e. The van der Waals surface area contributed by atoms with Gasteiger partial charge in [-0.15, -0.1) is 0 Å². The molecular formula is C21H19N3OS. The van der Waals surface area contributed by atoms with E-state index in [0.717, 1.165) is 44.3 Å². The number of fused-ring (bicyclic) bond motifs is 1. The van der Waals surface area contributed by atoms with E-state index in [-0.39, 0.29) is 0 Å². The lowest BCUT2D eigenvalue weighted by atomic mass is 10.1. The Hall–Kier alpha value is -2.92. The van der Waals surface area contributed by atoms with Gasteiger partial charge in [0.05, 0.1) is 23.5 Å². The average molecular weight is 361 g/mol. The number of aromatic nitrogens is 2. The highest BCUT2D eigenvalue weighted by Gasteiger charge is 2.07. The zero-order valence-electron chi connectivity index (χ0n) is 14.7. The third-order valence-electron chi connectivity index (χ3n) is 4.26. The van der Waals surface area contributed by atoms with Crippen molar-refractivity contribution in [2.75, 3.05) is 12.4 Å². The van der Waals surface area contributed by atoms with Gasteiger partial charge in [0.2, 0.25) is 0 Å². The second-order valence-electron chi connectivity index (χ2n) is 5.99. The van der Waals surface area contributed by atoms with Crippen LogP contribution in [0.3, 0.4) is 0 Å². The quantitative estimate of drug-likeness (QED) is 0.497. The molecule has 0 aliphatic rings. The van der Waals surface area contributed by atoms with Gasteiger partial charge in [-0.05, 0) is 47.9 Å². The van der Waals surface area contributed by atoms with Crippen molar-refractivity contribution in [3.05, 3.63) is 66.5 Å². The van der Waals surface area contributed by atoms with Gasteiger partial charge >= 0.3 is 0 Å². The minimum absolute atomic E-state index is 0.755. The topological polar surface area (TPSA) is 47.0 Å². The molecule has 4 rings (SSSR count). The maximum Gasteiger partial charge on any atom is 0.188 e. The van der Waals surface area contributed by atoms with Crippen LogP contribution in [0.5, 0.6) is 5.75 Å². The molecule has 0 unspecified atom stereocenters. The van der Waals surface area contributed by atoms with E-state index in [9.17, 15) is 0 Å². The molecule has 0 radical (unpaired) electrons. The fourth-order valence-electron chi connectivity index (χ4n) is 2.84. The number of ether oxygens (including phenoxy) is 1. The van der Waals surface area contributed by atoms with Crippen LogP contribution in [0.1, 0.15) is 12.5 Å². The minimum atomic E-state index is 0.755. The van der Waals surface area contributed by atoms with Gasteiger partial charge in [0, 0.05) is 17.4 Å². The fraction of sp³-hybridized carbons (Fsp3) is 0.143. The van der Waals surface area contributed by atoms with Crippen LogP contribution in [0.25, 0.3) is 21.3 Å². The van der Waals surface area contributed by atoms with Crippen LogP contribution in [0.2, 0.25) is 0 Å². The Bertz CT molecular complexity index is 1060. The summed E-state index contributed by atoms with van der Waals surface area (Å²) in [5.41, 5.74) is 5.50. The largest absolute Gasteiger partial charge is 0.495 e. The van der Waals surface area contributed by atoms with E-state index in [2.05, 4.69) is 53.6 Å². The summed E-state index contributed by atoms with van der Waals surface area (Å²) in [7, 11) is 1.65.